The second kappa shape index (κ2) is 7.83. The molecule has 0 saturated heterocycles. The molecule has 0 bridgehead atoms. The highest BCUT2D eigenvalue weighted by Crippen LogP contribution is 2.18. The Morgan fingerprint density at radius 2 is 1.95 bits per heavy atom. The summed E-state index contributed by atoms with van der Waals surface area (Å²) >= 11 is 5.28. The molecule has 0 aliphatic carbocycles. The van der Waals surface area contributed by atoms with Gasteiger partial charge in [-0.15, -0.1) is 0 Å². The lowest BCUT2D eigenvalue weighted by molar-refractivity contribution is 0.461. The summed E-state index contributed by atoms with van der Waals surface area (Å²) in [5, 5.41) is 7.75. The number of hydrogen-bond acceptors (Lipinski definition) is 2. The normalized spacial score (nSPS) is 12.5. The van der Waals surface area contributed by atoms with Gasteiger partial charge in [0.2, 0.25) is 0 Å². The van der Waals surface area contributed by atoms with E-state index in [0.29, 0.717) is 5.92 Å². The first-order valence-electron chi connectivity index (χ1n) is 6.68. The lowest BCUT2D eigenvalue weighted by Gasteiger charge is -2.16. The summed E-state index contributed by atoms with van der Waals surface area (Å²) in [5.74, 6) is 0.700. The molecule has 0 aliphatic heterocycles. The summed E-state index contributed by atoms with van der Waals surface area (Å²) in [6.07, 6.45) is 3.58. The standard InChI is InChI=1S/C16H20BrNS/c1-18-11-15(3-2-14-8-9-19-12-14)10-13-4-6-16(17)7-5-13/h4-9,12,15,18H,2-3,10-11H2,1H3. The fourth-order valence-electron chi connectivity index (χ4n) is 2.32. The Bertz CT molecular complexity index is 464. The van der Waals surface area contributed by atoms with E-state index in [1.54, 1.807) is 11.3 Å². The van der Waals surface area contributed by atoms with Crippen LogP contribution < -0.4 is 5.32 Å². The predicted molar refractivity (Wildman–Crippen MR) is 87.9 cm³/mol. The quantitative estimate of drug-likeness (QED) is 0.783. The van der Waals surface area contributed by atoms with Crippen molar-refractivity contribution in [3.05, 3.63) is 56.7 Å². The Morgan fingerprint density at radius 3 is 2.58 bits per heavy atom. The molecule has 1 unspecified atom stereocenters. The number of benzene rings is 1. The lowest BCUT2D eigenvalue weighted by atomic mass is 9.93. The van der Waals surface area contributed by atoms with Gasteiger partial charge < -0.3 is 5.32 Å². The van der Waals surface area contributed by atoms with Crippen LogP contribution in [0.5, 0.6) is 0 Å². The third kappa shape index (κ3) is 5.09. The molecule has 2 aromatic rings. The highest BCUT2D eigenvalue weighted by Gasteiger charge is 2.09. The molecule has 19 heavy (non-hydrogen) atoms. The van der Waals surface area contributed by atoms with Gasteiger partial charge in [-0.1, -0.05) is 28.1 Å². The molecule has 0 saturated carbocycles. The molecule has 0 fully saturated rings. The maximum Gasteiger partial charge on any atom is 0.0175 e. The van der Waals surface area contributed by atoms with Crippen molar-refractivity contribution in [2.24, 2.45) is 5.92 Å². The smallest absolute Gasteiger partial charge is 0.0175 e. The Balaban J connectivity index is 1.89. The molecular formula is C16H20BrNS. The number of halogens is 1. The van der Waals surface area contributed by atoms with Crippen molar-refractivity contribution in [2.75, 3.05) is 13.6 Å². The van der Waals surface area contributed by atoms with Gasteiger partial charge in [0.05, 0.1) is 0 Å². The van der Waals surface area contributed by atoms with Crippen molar-refractivity contribution in [3.8, 4) is 0 Å². The maximum absolute atomic E-state index is 3.49. The molecule has 1 N–H and O–H groups in total. The third-order valence-electron chi connectivity index (χ3n) is 3.35. The van der Waals surface area contributed by atoms with Crippen LogP contribution in [-0.2, 0) is 12.8 Å². The average molecular weight is 338 g/mol. The molecule has 0 radical (unpaired) electrons. The van der Waals surface area contributed by atoms with Gasteiger partial charge in [0.1, 0.15) is 0 Å². The lowest BCUT2D eigenvalue weighted by Crippen LogP contribution is -2.21. The minimum atomic E-state index is 0.700. The summed E-state index contributed by atoms with van der Waals surface area (Å²) in [6, 6.07) is 10.9. The van der Waals surface area contributed by atoms with Crippen molar-refractivity contribution < 1.29 is 0 Å². The zero-order chi connectivity index (χ0) is 13.5. The van der Waals surface area contributed by atoms with Gasteiger partial charge in [0.25, 0.3) is 0 Å². The van der Waals surface area contributed by atoms with Crippen molar-refractivity contribution in [1.29, 1.82) is 0 Å². The Kier molecular flexibility index (Phi) is 6.08. The van der Waals surface area contributed by atoms with Crippen LogP contribution in [0.25, 0.3) is 0 Å². The number of nitrogens with one attached hydrogen (secondary N) is 1. The van der Waals surface area contributed by atoms with Crippen LogP contribution in [0, 0.1) is 5.92 Å². The van der Waals surface area contributed by atoms with E-state index >= 15 is 0 Å². The third-order valence-corrected chi connectivity index (χ3v) is 4.61. The zero-order valence-corrected chi connectivity index (χ0v) is 13.6. The summed E-state index contributed by atoms with van der Waals surface area (Å²) < 4.78 is 1.15. The van der Waals surface area contributed by atoms with E-state index in [4.69, 9.17) is 0 Å². The number of thiophene rings is 1. The van der Waals surface area contributed by atoms with Gasteiger partial charge >= 0.3 is 0 Å². The van der Waals surface area contributed by atoms with Gasteiger partial charge in [-0.25, -0.2) is 0 Å². The largest absolute Gasteiger partial charge is 0.319 e. The average Bonchev–Trinajstić information content (AvgIpc) is 2.92. The van der Waals surface area contributed by atoms with Crippen LogP contribution in [0.1, 0.15) is 17.5 Å². The summed E-state index contributed by atoms with van der Waals surface area (Å²) in [7, 11) is 2.04. The van der Waals surface area contributed by atoms with E-state index < -0.39 is 0 Å². The summed E-state index contributed by atoms with van der Waals surface area (Å²) in [4.78, 5) is 0. The molecule has 1 aromatic carbocycles. The van der Waals surface area contributed by atoms with Crippen LogP contribution in [0.2, 0.25) is 0 Å². The van der Waals surface area contributed by atoms with E-state index in [9.17, 15) is 0 Å². The minimum Gasteiger partial charge on any atom is -0.319 e. The second-order valence-electron chi connectivity index (χ2n) is 4.92. The highest BCUT2D eigenvalue weighted by molar-refractivity contribution is 9.10. The van der Waals surface area contributed by atoms with Crippen molar-refractivity contribution in [2.45, 2.75) is 19.3 Å². The molecule has 0 aliphatic rings. The monoisotopic (exact) mass is 337 g/mol. The second-order valence-corrected chi connectivity index (χ2v) is 6.62. The fourth-order valence-corrected chi connectivity index (χ4v) is 3.29. The topological polar surface area (TPSA) is 12.0 Å². The van der Waals surface area contributed by atoms with Crippen molar-refractivity contribution >= 4 is 27.3 Å². The summed E-state index contributed by atoms with van der Waals surface area (Å²) in [5.41, 5.74) is 2.90. The van der Waals surface area contributed by atoms with Gasteiger partial charge in [-0.3, -0.25) is 0 Å². The first kappa shape index (κ1) is 14.8. The molecule has 3 heteroatoms. The van der Waals surface area contributed by atoms with Gasteiger partial charge in [-0.2, -0.15) is 11.3 Å². The van der Waals surface area contributed by atoms with Crippen molar-refractivity contribution in [3.63, 3.8) is 0 Å². The van der Waals surface area contributed by atoms with E-state index in [1.807, 2.05) is 7.05 Å². The molecule has 1 nitrogen and oxygen atoms in total. The molecule has 1 aromatic heterocycles. The van der Waals surface area contributed by atoms with Gasteiger partial charge in [-0.05, 0) is 78.9 Å². The van der Waals surface area contributed by atoms with Crippen LogP contribution >= 0.6 is 27.3 Å². The highest BCUT2D eigenvalue weighted by atomic mass is 79.9. The SMILES string of the molecule is CNCC(CCc1ccsc1)Cc1ccc(Br)cc1. The first-order chi connectivity index (χ1) is 9.28. The van der Waals surface area contributed by atoms with Crippen LogP contribution in [0.4, 0.5) is 0 Å². The maximum atomic E-state index is 3.49. The number of aryl methyl sites for hydroxylation is 1. The molecule has 0 amide bonds. The zero-order valence-electron chi connectivity index (χ0n) is 11.2. The Morgan fingerprint density at radius 1 is 1.16 bits per heavy atom. The fraction of sp³-hybridized carbons (Fsp3) is 0.375. The van der Waals surface area contributed by atoms with Gasteiger partial charge in [0.15, 0.2) is 0 Å². The number of rotatable bonds is 7. The minimum absolute atomic E-state index is 0.700. The summed E-state index contributed by atoms with van der Waals surface area (Å²) in [6.45, 7) is 1.08. The van der Waals surface area contributed by atoms with Crippen LogP contribution in [-0.4, -0.2) is 13.6 Å². The molecule has 1 atom stereocenters. The van der Waals surface area contributed by atoms with Crippen molar-refractivity contribution in [1.82, 2.24) is 5.32 Å². The van der Waals surface area contributed by atoms with E-state index in [0.717, 1.165) is 17.4 Å². The molecule has 102 valence electrons. The van der Waals surface area contributed by atoms with E-state index in [-0.39, 0.29) is 0 Å². The predicted octanol–water partition coefficient (Wildman–Crippen LogP) is 4.52. The van der Waals surface area contributed by atoms with E-state index in [1.165, 1.54) is 24.0 Å². The molecule has 0 spiro atoms. The van der Waals surface area contributed by atoms with Crippen LogP contribution in [0.15, 0.2) is 45.6 Å². The first-order valence-corrected chi connectivity index (χ1v) is 8.41. The molecule has 1 heterocycles. The van der Waals surface area contributed by atoms with Crippen LogP contribution in [0.3, 0.4) is 0 Å². The Labute approximate surface area is 128 Å². The Hall–Kier alpha value is -0.640. The molecular weight excluding hydrogens is 318 g/mol. The molecule has 2 rings (SSSR count). The van der Waals surface area contributed by atoms with Gasteiger partial charge in [0, 0.05) is 4.47 Å². The van der Waals surface area contributed by atoms with E-state index in [2.05, 4.69) is 62.3 Å². The number of hydrogen-bond donors (Lipinski definition) is 1.